The molecule has 1 aliphatic rings. The van der Waals surface area contributed by atoms with Gasteiger partial charge in [0.05, 0.1) is 6.10 Å². The SMILES string of the molecule is Cn1nccc1C(=O)N1C[C@H](O)C[C@H]1C(=O)O. The van der Waals surface area contributed by atoms with Gasteiger partial charge in [0.15, 0.2) is 0 Å². The lowest BCUT2D eigenvalue weighted by Gasteiger charge is -2.20. The zero-order chi connectivity index (χ0) is 12.6. The van der Waals surface area contributed by atoms with Gasteiger partial charge in [0, 0.05) is 26.2 Å². The number of aromatic nitrogens is 2. The molecule has 1 aromatic heterocycles. The Morgan fingerprint density at radius 3 is 2.76 bits per heavy atom. The van der Waals surface area contributed by atoms with Crippen molar-refractivity contribution in [1.29, 1.82) is 0 Å². The lowest BCUT2D eigenvalue weighted by molar-refractivity contribution is -0.141. The van der Waals surface area contributed by atoms with Gasteiger partial charge in [-0.25, -0.2) is 4.79 Å². The van der Waals surface area contributed by atoms with Crippen molar-refractivity contribution in [2.75, 3.05) is 6.54 Å². The molecule has 0 saturated carbocycles. The molecule has 7 nitrogen and oxygen atoms in total. The number of likely N-dealkylation sites (tertiary alicyclic amines) is 1. The maximum atomic E-state index is 12.1. The molecule has 0 unspecified atom stereocenters. The molecule has 0 bridgehead atoms. The van der Waals surface area contributed by atoms with Crippen molar-refractivity contribution in [2.24, 2.45) is 7.05 Å². The van der Waals surface area contributed by atoms with E-state index in [1.165, 1.54) is 21.8 Å². The Morgan fingerprint density at radius 2 is 2.24 bits per heavy atom. The molecule has 1 amide bonds. The molecule has 0 spiro atoms. The van der Waals surface area contributed by atoms with Crippen molar-refractivity contribution in [3.8, 4) is 0 Å². The number of aliphatic carboxylic acids is 1. The van der Waals surface area contributed by atoms with Crippen LogP contribution in [0.15, 0.2) is 12.3 Å². The van der Waals surface area contributed by atoms with Crippen LogP contribution in [0.2, 0.25) is 0 Å². The van der Waals surface area contributed by atoms with Crippen LogP contribution >= 0.6 is 0 Å². The largest absolute Gasteiger partial charge is 0.480 e. The minimum absolute atomic E-state index is 0.0426. The summed E-state index contributed by atoms with van der Waals surface area (Å²) >= 11 is 0. The van der Waals surface area contributed by atoms with E-state index >= 15 is 0 Å². The van der Waals surface area contributed by atoms with Crippen molar-refractivity contribution < 1.29 is 19.8 Å². The Bertz CT molecular complexity index is 456. The number of aryl methyl sites for hydroxylation is 1. The minimum Gasteiger partial charge on any atom is -0.480 e. The van der Waals surface area contributed by atoms with Gasteiger partial charge in [0.2, 0.25) is 0 Å². The number of rotatable bonds is 2. The van der Waals surface area contributed by atoms with E-state index in [4.69, 9.17) is 5.11 Å². The van der Waals surface area contributed by atoms with Crippen LogP contribution in [-0.2, 0) is 11.8 Å². The van der Waals surface area contributed by atoms with Gasteiger partial charge in [-0.05, 0) is 6.07 Å². The molecule has 2 N–H and O–H groups in total. The normalized spacial score (nSPS) is 24.0. The molecule has 2 atom stereocenters. The van der Waals surface area contributed by atoms with E-state index in [0.29, 0.717) is 5.69 Å². The van der Waals surface area contributed by atoms with Gasteiger partial charge >= 0.3 is 5.97 Å². The first-order valence-electron chi connectivity index (χ1n) is 5.20. The number of β-amino-alcohol motifs (C(OH)–C–C–N with tert-alkyl or cyclic N) is 1. The van der Waals surface area contributed by atoms with E-state index in [1.54, 1.807) is 7.05 Å². The maximum absolute atomic E-state index is 12.1. The van der Waals surface area contributed by atoms with Crippen LogP contribution in [0, 0.1) is 0 Å². The zero-order valence-electron chi connectivity index (χ0n) is 9.28. The van der Waals surface area contributed by atoms with E-state index < -0.39 is 24.0 Å². The molecule has 92 valence electrons. The number of amides is 1. The Hall–Kier alpha value is -1.89. The second-order valence-electron chi connectivity index (χ2n) is 4.04. The maximum Gasteiger partial charge on any atom is 0.326 e. The van der Waals surface area contributed by atoms with Gasteiger partial charge < -0.3 is 15.1 Å². The summed E-state index contributed by atoms with van der Waals surface area (Å²) in [5.74, 6) is -1.52. The third-order valence-electron chi connectivity index (χ3n) is 2.86. The van der Waals surface area contributed by atoms with Crippen LogP contribution in [-0.4, -0.2) is 55.5 Å². The average molecular weight is 239 g/mol. The van der Waals surface area contributed by atoms with Gasteiger partial charge in [-0.1, -0.05) is 0 Å². The average Bonchev–Trinajstić information content (AvgIpc) is 2.83. The smallest absolute Gasteiger partial charge is 0.326 e. The standard InChI is InChI=1S/C10H13N3O4/c1-12-7(2-3-11-12)9(15)13-5-6(14)4-8(13)10(16)17/h2-3,6,8,14H,4-5H2,1H3,(H,16,17)/t6-,8+/m1/s1. The lowest BCUT2D eigenvalue weighted by atomic mass is 10.2. The highest BCUT2D eigenvalue weighted by Crippen LogP contribution is 2.20. The monoisotopic (exact) mass is 239 g/mol. The molecular formula is C10H13N3O4. The van der Waals surface area contributed by atoms with Crippen LogP contribution in [0.4, 0.5) is 0 Å². The molecule has 1 saturated heterocycles. The number of carbonyl (C=O) groups excluding carboxylic acids is 1. The van der Waals surface area contributed by atoms with Gasteiger partial charge in [-0.3, -0.25) is 9.48 Å². The number of carboxylic acids is 1. The minimum atomic E-state index is -1.10. The summed E-state index contributed by atoms with van der Waals surface area (Å²) in [5, 5.41) is 22.3. The molecule has 1 aromatic rings. The fourth-order valence-electron chi connectivity index (χ4n) is 2.00. The predicted molar refractivity (Wildman–Crippen MR) is 56.3 cm³/mol. The summed E-state index contributed by atoms with van der Waals surface area (Å²) in [4.78, 5) is 24.2. The number of aliphatic hydroxyl groups is 1. The number of carbonyl (C=O) groups is 2. The van der Waals surface area contributed by atoms with Crippen LogP contribution < -0.4 is 0 Å². The first-order chi connectivity index (χ1) is 8.00. The molecular weight excluding hydrogens is 226 g/mol. The molecule has 0 aromatic carbocycles. The number of carboxylic acid groups (broad SMARTS) is 1. The molecule has 17 heavy (non-hydrogen) atoms. The van der Waals surface area contributed by atoms with E-state index in [1.807, 2.05) is 0 Å². The highest BCUT2D eigenvalue weighted by molar-refractivity contribution is 5.95. The molecule has 1 fully saturated rings. The van der Waals surface area contributed by atoms with E-state index in [2.05, 4.69) is 5.10 Å². The zero-order valence-corrected chi connectivity index (χ0v) is 9.28. The van der Waals surface area contributed by atoms with Crippen molar-refractivity contribution >= 4 is 11.9 Å². The summed E-state index contributed by atoms with van der Waals surface area (Å²) in [6.07, 6.45) is 0.752. The van der Waals surface area contributed by atoms with Gasteiger partial charge in [-0.2, -0.15) is 5.10 Å². The van der Waals surface area contributed by atoms with E-state index in [0.717, 1.165) is 0 Å². The topological polar surface area (TPSA) is 95.7 Å². The number of nitrogens with zero attached hydrogens (tertiary/aromatic N) is 3. The molecule has 2 rings (SSSR count). The van der Waals surface area contributed by atoms with Crippen LogP contribution in [0.25, 0.3) is 0 Å². The summed E-state index contributed by atoms with van der Waals surface area (Å²) in [7, 11) is 1.61. The van der Waals surface area contributed by atoms with Gasteiger partial charge in [0.25, 0.3) is 5.91 Å². The molecule has 1 aliphatic heterocycles. The van der Waals surface area contributed by atoms with Crippen molar-refractivity contribution in [3.63, 3.8) is 0 Å². The summed E-state index contributed by atoms with van der Waals surface area (Å²) < 4.78 is 1.38. The van der Waals surface area contributed by atoms with Crippen LogP contribution in [0.5, 0.6) is 0 Å². The van der Waals surface area contributed by atoms with Gasteiger partial charge in [0.1, 0.15) is 11.7 Å². The number of aliphatic hydroxyl groups excluding tert-OH is 1. The van der Waals surface area contributed by atoms with E-state index in [9.17, 15) is 14.7 Å². The van der Waals surface area contributed by atoms with Crippen molar-refractivity contribution in [2.45, 2.75) is 18.6 Å². The summed E-state index contributed by atoms with van der Waals surface area (Å²) in [5.41, 5.74) is 0.311. The fraction of sp³-hybridized carbons (Fsp3) is 0.500. The highest BCUT2D eigenvalue weighted by atomic mass is 16.4. The second kappa shape index (κ2) is 4.17. The molecule has 2 heterocycles. The quantitative estimate of drug-likeness (QED) is 0.696. The van der Waals surface area contributed by atoms with Crippen LogP contribution in [0.3, 0.4) is 0 Å². The first-order valence-corrected chi connectivity index (χ1v) is 5.20. The Kier molecular flexibility index (Phi) is 2.84. The summed E-state index contributed by atoms with van der Waals surface area (Å²) in [6, 6.07) is 0.554. The third-order valence-corrected chi connectivity index (χ3v) is 2.86. The summed E-state index contributed by atoms with van der Waals surface area (Å²) in [6.45, 7) is 0.0426. The molecule has 7 heteroatoms. The molecule has 0 aliphatic carbocycles. The Labute approximate surface area is 97.3 Å². The van der Waals surface area contributed by atoms with Gasteiger partial charge in [-0.15, -0.1) is 0 Å². The number of hydrogen-bond donors (Lipinski definition) is 2. The fourth-order valence-corrected chi connectivity index (χ4v) is 2.00. The lowest BCUT2D eigenvalue weighted by Crippen LogP contribution is -2.41. The number of hydrogen-bond acceptors (Lipinski definition) is 4. The Morgan fingerprint density at radius 1 is 1.53 bits per heavy atom. The third kappa shape index (κ3) is 2.01. The van der Waals surface area contributed by atoms with Crippen molar-refractivity contribution in [3.05, 3.63) is 18.0 Å². The van der Waals surface area contributed by atoms with Crippen LogP contribution in [0.1, 0.15) is 16.9 Å². The van der Waals surface area contributed by atoms with Crippen molar-refractivity contribution in [1.82, 2.24) is 14.7 Å². The second-order valence-corrected chi connectivity index (χ2v) is 4.04. The van der Waals surface area contributed by atoms with E-state index in [-0.39, 0.29) is 13.0 Å². The molecule has 0 radical (unpaired) electrons. The first kappa shape index (κ1) is 11.6. The Balaban J connectivity index is 2.25. The predicted octanol–water partition coefficient (Wildman–Crippen LogP) is -0.920. The highest BCUT2D eigenvalue weighted by Gasteiger charge is 2.39.